The lowest BCUT2D eigenvalue weighted by Crippen LogP contribution is -2.42. The molecule has 0 aliphatic heterocycles. The fourth-order valence-corrected chi connectivity index (χ4v) is 2.77. The van der Waals surface area contributed by atoms with E-state index in [1.807, 2.05) is 19.9 Å². The summed E-state index contributed by atoms with van der Waals surface area (Å²) in [4.78, 5) is 23.3. The van der Waals surface area contributed by atoms with E-state index >= 15 is 0 Å². The van der Waals surface area contributed by atoms with Crippen molar-refractivity contribution in [1.29, 1.82) is 0 Å². The molecule has 0 radical (unpaired) electrons. The molecule has 9 heteroatoms. The van der Waals surface area contributed by atoms with Crippen LogP contribution < -0.4 is 10.6 Å². The summed E-state index contributed by atoms with van der Waals surface area (Å²) in [5, 5.41) is 17.5. The summed E-state index contributed by atoms with van der Waals surface area (Å²) in [5.41, 5.74) is 1.88. The van der Waals surface area contributed by atoms with E-state index in [9.17, 15) is 9.59 Å². The Balaban J connectivity index is 1.99. The van der Waals surface area contributed by atoms with Crippen molar-refractivity contribution in [2.75, 3.05) is 6.54 Å². The van der Waals surface area contributed by atoms with Gasteiger partial charge < -0.3 is 5.32 Å². The normalized spacial score (nSPS) is 11.8. The van der Waals surface area contributed by atoms with Crippen LogP contribution in [0.4, 0.5) is 4.79 Å². The molecule has 0 bridgehead atoms. The van der Waals surface area contributed by atoms with E-state index < -0.39 is 11.3 Å². The molecule has 0 saturated heterocycles. The Bertz CT molecular complexity index is 728. The SMILES string of the molecule is CCNC(=O)NC(=O)[C@@H](C)Sc1ccc(-n2nc(C)cc2C)nn1. The Morgan fingerprint density at radius 1 is 1.29 bits per heavy atom. The predicted molar refractivity (Wildman–Crippen MR) is 91.2 cm³/mol. The summed E-state index contributed by atoms with van der Waals surface area (Å²) >= 11 is 1.23. The molecule has 24 heavy (non-hydrogen) atoms. The predicted octanol–water partition coefficient (Wildman–Crippen LogP) is 1.61. The van der Waals surface area contributed by atoms with Crippen molar-refractivity contribution in [3.8, 4) is 5.82 Å². The number of rotatable bonds is 5. The van der Waals surface area contributed by atoms with Gasteiger partial charge in [-0.1, -0.05) is 11.8 Å². The van der Waals surface area contributed by atoms with Crippen LogP contribution in [0.25, 0.3) is 5.82 Å². The van der Waals surface area contributed by atoms with Crippen LogP contribution in [-0.2, 0) is 4.79 Å². The van der Waals surface area contributed by atoms with Gasteiger partial charge in [-0.15, -0.1) is 10.2 Å². The maximum atomic E-state index is 11.9. The van der Waals surface area contributed by atoms with E-state index in [0.717, 1.165) is 11.4 Å². The van der Waals surface area contributed by atoms with Crippen molar-refractivity contribution < 1.29 is 9.59 Å². The first-order valence-electron chi connectivity index (χ1n) is 7.53. The molecular formula is C15H20N6O2S. The molecule has 3 amide bonds. The molecule has 0 aliphatic carbocycles. The minimum absolute atomic E-state index is 0.379. The number of nitrogens with zero attached hydrogens (tertiary/aromatic N) is 4. The van der Waals surface area contributed by atoms with Gasteiger partial charge in [0.1, 0.15) is 5.03 Å². The van der Waals surface area contributed by atoms with Crippen LogP contribution in [0.3, 0.4) is 0 Å². The lowest BCUT2D eigenvalue weighted by Gasteiger charge is -2.11. The summed E-state index contributed by atoms with van der Waals surface area (Å²) < 4.78 is 1.71. The summed E-state index contributed by atoms with van der Waals surface area (Å²) in [6, 6.07) is 5.03. The molecule has 2 rings (SSSR count). The van der Waals surface area contributed by atoms with Crippen molar-refractivity contribution in [3.63, 3.8) is 0 Å². The van der Waals surface area contributed by atoms with E-state index in [2.05, 4.69) is 25.9 Å². The highest BCUT2D eigenvalue weighted by Crippen LogP contribution is 2.21. The van der Waals surface area contributed by atoms with Crippen molar-refractivity contribution in [2.45, 2.75) is 38.0 Å². The first-order chi connectivity index (χ1) is 11.4. The number of aromatic nitrogens is 4. The van der Waals surface area contributed by atoms with Crippen molar-refractivity contribution in [1.82, 2.24) is 30.6 Å². The topological polar surface area (TPSA) is 102 Å². The smallest absolute Gasteiger partial charge is 0.321 e. The standard InChI is InChI=1S/C15H20N6O2S/c1-5-16-15(23)17-14(22)11(4)24-13-7-6-12(18-19-13)21-10(3)8-9(2)20-21/h6-8,11H,5H2,1-4H3,(H2,16,17,22,23)/t11-/m1/s1. The van der Waals surface area contributed by atoms with E-state index in [1.165, 1.54) is 11.8 Å². The minimum atomic E-state index is -0.499. The summed E-state index contributed by atoms with van der Waals surface area (Å²) in [5.74, 6) is 0.236. The molecule has 8 nitrogen and oxygen atoms in total. The van der Waals surface area contributed by atoms with Crippen LogP contribution >= 0.6 is 11.8 Å². The molecule has 0 unspecified atom stereocenters. The number of carbonyl (C=O) groups excluding carboxylic acids is 2. The largest absolute Gasteiger partial charge is 0.338 e. The van der Waals surface area contributed by atoms with Crippen LogP contribution in [0.1, 0.15) is 25.2 Å². The first-order valence-corrected chi connectivity index (χ1v) is 8.41. The highest BCUT2D eigenvalue weighted by molar-refractivity contribution is 8.00. The fraction of sp³-hybridized carbons (Fsp3) is 0.400. The number of aryl methyl sites for hydroxylation is 2. The number of hydrogen-bond donors (Lipinski definition) is 2. The summed E-state index contributed by atoms with van der Waals surface area (Å²) in [6.07, 6.45) is 0. The van der Waals surface area contributed by atoms with E-state index in [1.54, 1.807) is 30.7 Å². The van der Waals surface area contributed by atoms with Crippen molar-refractivity contribution in [3.05, 3.63) is 29.6 Å². The van der Waals surface area contributed by atoms with Crippen LogP contribution in [0, 0.1) is 13.8 Å². The fourth-order valence-electron chi connectivity index (χ4n) is 2.00. The minimum Gasteiger partial charge on any atom is -0.338 e. The number of nitrogens with one attached hydrogen (secondary N) is 2. The zero-order valence-corrected chi connectivity index (χ0v) is 14.8. The van der Waals surface area contributed by atoms with Crippen LogP contribution in [0.2, 0.25) is 0 Å². The zero-order valence-electron chi connectivity index (χ0n) is 14.0. The third-order valence-electron chi connectivity index (χ3n) is 3.09. The van der Waals surface area contributed by atoms with Crippen LogP contribution in [0.15, 0.2) is 23.2 Å². The van der Waals surface area contributed by atoms with Gasteiger partial charge in [0, 0.05) is 12.2 Å². The van der Waals surface area contributed by atoms with Crippen molar-refractivity contribution >= 4 is 23.7 Å². The second-order valence-corrected chi connectivity index (χ2v) is 6.54. The lowest BCUT2D eigenvalue weighted by molar-refractivity contribution is -0.119. The van der Waals surface area contributed by atoms with Crippen LogP contribution in [0.5, 0.6) is 0 Å². The van der Waals surface area contributed by atoms with Crippen molar-refractivity contribution in [2.24, 2.45) is 0 Å². The van der Waals surface area contributed by atoms with Gasteiger partial charge in [0.15, 0.2) is 5.82 Å². The molecular weight excluding hydrogens is 328 g/mol. The molecule has 0 fully saturated rings. The third kappa shape index (κ3) is 4.54. The van der Waals surface area contributed by atoms with Gasteiger partial charge in [0.05, 0.1) is 10.9 Å². The van der Waals surface area contributed by atoms with Gasteiger partial charge in [-0.05, 0) is 45.9 Å². The molecule has 2 aromatic rings. The molecule has 2 aromatic heterocycles. The number of hydrogen-bond acceptors (Lipinski definition) is 6. The summed E-state index contributed by atoms with van der Waals surface area (Å²) in [7, 11) is 0. The monoisotopic (exact) mass is 348 g/mol. The molecule has 0 saturated carbocycles. The number of thioether (sulfide) groups is 1. The highest BCUT2D eigenvalue weighted by Gasteiger charge is 2.17. The Hall–Kier alpha value is -2.42. The Morgan fingerprint density at radius 3 is 2.58 bits per heavy atom. The molecule has 2 N–H and O–H groups in total. The quantitative estimate of drug-likeness (QED) is 0.796. The Morgan fingerprint density at radius 2 is 2.04 bits per heavy atom. The third-order valence-corrected chi connectivity index (χ3v) is 4.12. The molecule has 0 spiro atoms. The van der Waals surface area contributed by atoms with E-state index in [-0.39, 0.29) is 5.91 Å². The maximum absolute atomic E-state index is 11.9. The van der Waals surface area contributed by atoms with Gasteiger partial charge in [-0.3, -0.25) is 10.1 Å². The second-order valence-electron chi connectivity index (χ2n) is 5.18. The second kappa shape index (κ2) is 7.91. The van der Waals surface area contributed by atoms with Crippen LogP contribution in [-0.4, -0.2) is 43.7 Å². The first kappa shape index (κ1) is 17.9. The molecule has 2 heterocycles. The molecule has 128 valence electrons. The van der Waals surface area contributed by atoms with Gasteiger partial charge in [0.2, 0.25) is 5.91 Å². The average molecular weight is 348 g/mol. The number of imide groups is 1. The van der Waals surface area contributed by atoms with Gasteiger partial charge in [-0.2, -0.15) is 5.10 Å². The number of amides is 3. The Kier molecular flexibility index (Phi) is 5.91. The lowest BCUT2D eigenvalue weighted by atomic mass is 10.4. The van der Waals surface area contributed by atoms with E-state index in [0.29, 0.717) is 17.4 Å². The molecule has 0 aromatic carbocycles. The van der Waals surface area contributed by atoms with Gasteiger partial charge >= 0.3 is 6.03 Å². The maximum Gasteiger partial charge on any atom is 0.321 e. The summed E-state index contributed by atoms with van der Waals surface area (Å²) in [6.45, 7) is 7.80. The van der Waals surface area contributed by atoms with E-state index in [4.69, 9.17) is 0 Å². The highest BCUT2D eigenvalue weighted by atomic mass is 32.2. The average Bonchev–Trinajstić information content (AvgIpc) is 2.86. The zero-order chi connectivity index (χ0) is 17.7. The van der Waals surface area contributed by atoms with Gasteiger partial charge in [0.25, 0.3) is 0 Å². The number of carbonyl (C=O) groups is 2. The number of urea groups is 1. The molecule has 1 atom stereocenters. The molecule has 0 aliphatic rings. The van der Waals surface area contributed by atoms with Gasteiger partial charge in [-0.25, -0.2) is 9.48 Å². The Labute approximate surface area is 144 Å².